The molecule has 1 unspecified atom stereocenters. The van der Waals surface area contributed by atoms with Gasteiger partial charge in [0.25, 0.3) is 0 Å². The number of hydrogen-bond acceptors (Lipinski definition) is 3. The van der Waals surface area contributed by atoms with Gasteiger partial charge in [-0.15, -0.1) is 0 Å². The highest BCUT2D eigenvalue weighted by Gasteiger charge is 2.35. The first-order valence-electron chi connectivity index (χ1n) is 12.1. The number of unbranched alkanes of at least 4 members (excludes halogenated alkanes) is 7. The summed E-state index contributed by atoms with van der Waals surface area (Å²) in [6.07, 6.45) is 12.9. The van der Waals surface area contributed by atoms with Crippen LogP contribution in [0, 0.1) is 5.92 Å². The number of nitrogens with one attached hydrogen (secondary N) is 1. The van der Waals surface area contributed by atoms with Crippen LogP contribution in [0.4, 0.5) is 11.4 Å². The average Bonchev–Trinajstić information content (AvgIpc) is 3.43. The molecule has 166 valence electrons. The molecule has 2 amide bonds. The first kappa shape index (κ1) is 22.6. The summed E-state index contributed by atoms with van der Waals surface area (Å²) in [5.74, 6) is -0.150. The molecular formula is C25H39N3O2. The molecule has 0 aromatic heterocycles. The van der Waals surface area contributed by atoms with Crippen molar-refractivity contribution in [3.05, 3.63) is 24.3 Å². The highest BCUT2D eigenvalue weighted by Crippen LogP contribution is 2.28. The van der Waals surface area contributed by atoms with E-state index in [2.05, 4.69) is 29.3 Å². The van der Waals surface area contributed by atoms with Crippen molar-refractivity contribution in [1.29, 1.82) is 0 Å². The molecule has 0 saturated carbocycles. The number of rotatable bonds is 12. The van der Waals surface area contributed by atoms with Crippen molar-refractivity contribution in [3.8, 4) is 0 Å². The Bertz CT molecular complexity index is 667. The molecule has 2 fully saturated rings. The monoisotopic (exact) mass is 413 g/mol. The maximum Gasteiger partial charge on any atom is 0.227 e. The smallest absolute Gasteiger partial charge is 0.227 e. The second kappa shape index (κ2) is 12.0. The first-order valence-corrected chi connectivity index (χ1v) is 12.1. The molecule has 5 heteroatoms. The van der Waals surface area contributed by atoms with E-state index in [0.29, 0.717) is 13.0 Å². The van der Waals surface area contributed by atoms with E-state index in [4.69, 9.17) is 0 Å². The minimum atomic E-state index is -0.232. The zero-order valence-electron chi connectivity index (χ0n) is 18.7. The standard InChI is InChI=1S/C25H39N3O2/c1-2-3-4-5-6-7-8-9-16-26-25(30)21-19-24(29)28(20-21)23-14-12-22(13-15-23)27-17-10-11-18-27/h12-15,21H,2-11,16-20H2,1H3,(H,26,30). The van der Waals surface area contributed by atoms with Crippen molar-refractivity contribution in [2.45, 2.75) is 77.6 Å². The number of amides is 2. The van der Waals surface area contributed by atoms with E-state index < -0.39 is 0 Å². The van der Waals surface area contributed by atoms with Crippen LogP contribution in [0.1, 0.15) is 77.6 Å². The molecule has 2 heterocycles. The van der Waals surface area contributed by atoms with Crippen LogP contribution in [-0.4, -0.2) is 38.0 Å². The molecule has 3 rings (SSSR count). The predicted octanol–water partition coefficient (Wildman–Crippen LogP) is 4.90. The van der Waals surface area contributed by atoms with Crippen LogP contribution < -0.4 is 15.1 Å². The van der Waals surface area contributed by atoms with Crippen LogP contribution in [0.3, 0.4) is 0 Å². The number of anilines is 2. The number of nitrogens with zero attached hydrogens (tertiary/aromatic N) is 2. The minimum Gasteiger partial charge on any atom is -0.372 e. The summed E-state index contributed by atoms with van der Waals surface area (Å²) < 4.78 is 0. The van der Waals surface area contributed by atoms with Gasteiger partial charge >= 0.3 is 0 Å². The van der Waals surface area contributed by atoms with Gasteiger partial charge in [0.05, 0.1) is 5.92 Å². The quantitative estimate of drug-likeness (QED) is 0.496. The van der Waals surface area contributed by atoms with Crippen LogP contribution in [0.2, 0.25) is 0 Å². The molecule has 1 aromatic rings. The van der Waals surface area contributed by atoms with E-state index in [1.54, 1.807) is 4.90 Å². The lowest BCUT2D eigenvalue weighted by atomic mass is 10.1. The molecule has 0 aliphatic carbocycles. The van der Waals surface area contributed by atoms with Gasteiger partial charge in [-0.05, 0) is 43.5 Å². The summed E-state index contributed by atoms with van der Waals surface area (Å²) in [4.78, 5) is 29.2. The van der Waals surface area contributed by atoms with Crippen LogP contribution >= 0.6 is 0 Å². The molecule has 0 radical (unpaired) electrons. The average molecular weight is 414 g/mol. The Balaban J connectivity index is 1.36. The van der Waals surface area contributed by atoms with Gasteiger partial charge in [0, 0.05) is 44.0 Å². The Morgan fingerprint density at radius 3 is 2.20 bits per heavy atom. The molecule has 1 N–H and O–H groups in total. The summed E-state index contributed by atoms with van der Waals surface area (Å²) in [7, 11) is 0. The molecule has 0 bridgehead atoms. The third kappa shape index (κ3) is 6.48. The van der Waals surface area contributed by atoms with E-state index in [1.807, 2.05) is 12.1 Å². The van der Waals surface area contributed by atoms with Crippen molar-refractivity contribution in [2.24, 2.45) is 5.92 Å². The van der Waals surface area contributed by atoms with E-state index in [0.717, 1.165) is 31.7 Å². The predicted molar refractivity (Wildman–Crippen MR) is 124 cm³/mol. The third-order valence-electron chi connectivity index (χ3n) is 6.46. The number of carbonyl (C=O) groups is 2. The number of benzene rings is 1. The van der Waals surface area contributed by atoms with E-state index in [1.165, 1.54) is 63.5 Å². The molecule has 0 spiro atoms. The Hall–Kier alpha value is -2.04. The Morgan fingerprint density at radius 2 is 1.53 bits per heavy atom. The fraction of sp³-hybridized carbons (Fsp3) is 0.680. The second-order valence-electron chi connectivity index (χ2n) is 8.88. The molecule has 2 aliphatic heterocycles. The highest BCUT2D eigenvalue weighted by atomic mass is 16.2. The van der Waals surface area contributed by atoms with E-state index in [-0.39, 0.29) is 17.7 Å². The summed E-state index contributed by atoms with van der Waals surface area (Å²) in [5, 5.41) is 3.05. The van der Waals surface area contributed by atoms with E-state index >= 15 is 0 Å². The van der Waals surface area contributed by atoms with Gasteiger partial charge in [-0.2, -0.15) is 0 Å². The fourth-order valence-electron chi connectivity index (χ4n) is 4.57. The summed E-state index contributed by atoms with van der Waals surface area (Å²) >= 11 is 0. The normalized spacial score (nSPS) is 19.0. The second-order valence-corrected chi connectivity index (χ2v) is 8.88. The third-order valence-corrected chi connectivity index (χ3v) is 6.46. The number of hydrogen-bond donors (Lipinski definition) is 1. The molecule has 1 aromatic carbocycles. The molecule has 30 heavy (non-hydrogen) atoms. The summed E-state index contributed by atoms with van der Waals surface area (Å²) in [5.41, 5.74) is 2.13. The van der Waals surface area contributed by atoms with Crippen molar-refractivity contribution in [3.63, 3.8) is 0 Å². The molecule has 5 nitrogen and oxygen atoms in total. The lowest BCUT2D eigenvalue weighted by molar-refractivity contribution is -0.126. The Labute approximate surface area is 182 Å². The van der Waals surface area contributed by atoms with Crippen LogP contribution in [-0.2, 0) is 9.59 Å². The molecule has 2 aliphatic rings. The van der Waals surface area contributed by atoms with Gasteiger partial charge in [-0.3, -0.25) is 9.59 Å². The van der Waals surface area contributed by atoms with Crippen LogP contribution in [0.5, 0.6) is 0 Å². The molecular weight excluding hydrogens is 374 g/mol. The molecule has 1 atom stereocenters. The Morgan fingerprint density at radius 1 is 0.933 bits per heavy atom. The lowest BCUT2D eigenvalue weighted by Crippen LogP contribution is -2.33. The lowest BCUT2D eigenvalue weighted by Gasteiger charge is -2.20. The van der Waals surface area contributed by atoms with Crippen molar-refractivity contribution >= 4 is 23.2 Å². The first-order chi connectivity index (χ1) is 14.7. The minimum absolute atomic E-state index is 0.0301. The number of carbonyl (C=O) groups excluding carboxylic acids is 2. The van der Waals surface area contributed by atoms with Gasteiger partial charge in [0.2, 0.25) is 11.8 Å². The zero-order valence-corrected chi connectivity index (χ0v) is 18.7. The van der Waals surface area contributed by atoms with Crippen molar-refractivity contribution < 1.29 is 9.59 Å². The zero-order chi connectivity index (χ0) is 21.2. The van der Waals surface area contributed by atoms with Gasteiger partial charge in [0.15, 0.2) is 0 Å². The van der Waals surface area contributed by atoms with Crippen LogP contribution in [0.25, 0.3) is 0 Å². The molecule has 2 saturated heterocycles. The highest BCUT2D eigenvalue weighted by molar-refractivity contribution is 6.00. The van der Waals surface area contributed by atoms with Gasteiger partial charge in [-0.25, -0.2) is 0 Å². The van der Waals surface area contributed by atoms with Gasteiger partial charge < -0.3 is 15.1 Å². The largest absolute Gasteiger partial charge is 0.372 e. The van der Waals surface area contributed by atoms with Crippen LogP contribution in [0.15, 0.2) is 24.3 Å². The maximum atomic E-state index is 12.5. The van der Waals surface area contributed by atoms with Gasteiger partial charge in [-0.1, -0.05) is 51.9 Å². The summed E-state index contributed by atoms with van der Waals surface area (Å²) in [6, 6.07) is 8.24. The van der Waals surface area contributed by atoms with Gasteiger partial charge in [0.1, 0.15) is 0 Å². The van der Waals surface area contributed by atoms with Crippen molar-refractivity contribution in [2.75, 3.05) is 36.0 Å². The Kier molecular flexibility index (Phi) is 9.03. The van der Waals surface area contributed by atoms with E-state index in [9.17, 15) is 9.59 Å². The summed E-state index contributed by atoms with van der Waals surface area (Å²) in [6.45, 7) is 5.69. The van der Waals surface area contributed by atoms with Crippen molar-refractivity contribution in [1.82, 2.24) is 5.32 Å². The maximum absolute atomic E-state index is 12.5. The topological polar surface area (TPSA) is 52.7 Å². The fourth-order valence-corrected chi connectivity index (χ4v) is 4.57. The SMILES string of the molecule is CCCCCCCCCCNC(=O)C1CC(=O)N(c2ccc(N3CCCC3)cc2)C1.